The predicted octanol–water partition coefficient (Wildman–Crippen LogP) is 2.61. The summed E-state index contributed by atoms with van der Waals surface area (Å²) in [6.45, 7) is 5.25. The van der Waals surface area contributed by atoms with Gasteiger partial charge in [-0.05, 0) is 31.0 Å². The first-order valence-corrected chi connectivity index (χ1v) is 6.87. The van der Waals surface area contributed by atoms with Crippen LogP contribution < -0.4 is 14.8 Å². The molecule has 2 N–H and O–H groups in total. The van der Waals surface area contributed by atoms with Crippen molar-refractivity contribution in [2.75, 3.05) is 20.3 Å². The van der Waals surface area contributed by atoms with E-state index in [0.717, 1.165) is 12.0 Å². The molecule has 0 heterocycles. The van der Waals surface area contributed by atoms with E-state index in [1.54, 1.807) is 7.11 Å². The molecule has 0 saturated heterocycles. The van der Waals surface area contributed by atoms with Crippen molar-refractivity contribution in [1.29, 1.82) is 0 Å². The summed E-state index contributed by atoms with van der Waals surface area (Å²) >= 11 is 6.17. The van der Waals surface area contributed by atoms with Gasteiger partial charge in [-0.1, -0.05) is 18.5 Å². The molecule has 0 fully saturated rings. The van der Waals surface area contributed by atoms with Gasteiger partial charge >= 0.3 is 0 Å². The van der Waals surface area contributed by atoms with Crippen LogP contribution in [0.15, 0.2) is 12.1 Å². The number of nitrogens with one attached hydrogen (secondary N) is 1. The maximum absolute atomic E-state index is 9.15. The quantitative estimate of drug-likeness (QED) is 0.772. The van der Waals surface area contributed by atoms with Gasteiger partial charge in [0.25, 0.3) is 0 Å². The summed E-state index contributed by atoms with van der Waals surface area (Å²) in [5, 5.41) is 12.9. The Morgan fingerprint density at radius 1 is 1.37 bits per heavy atom. The fourth-order valence-corrected chi connectivity index (χ4v) is 2.10. The first kappa shape index (κ1) is 16.1. The van der Waals surface area contributed by atoms with Crippen LogP contribution in [0.1, 0.15) is 25.8 Å². The molecule has 0 aromatic heterocycles. The number of aliphatic hydroxyl groups is 1. The van der Waals surface area contributed by atoms with Gasteiger partial charge in [0.2, 0.25) is 0 Å². The van der Waals surface area contributed by atoms with Gasteiger partial charge in [0.15, 0.2) is 11.5 Å². The molecular formula is C14H22ClNO3. The molecular weight excluding hydrogens is 266 g/mol. The molecule has 108 valence electrons. The third-order valence-electron chi connectivity index (χ3n) is 2.88. The normalized spacial score (nSPS) is 12.3. The van der Waals surface area contributed by atoms with E-state index in [0.29, 0.717) is 29.7 Å². The summed E-state index contributed by atoms with van der Waals surface area (Å²) in [7, 11) is 1.57. The number of benzene rings is 1. The van der Waals surface area contributed by atoms with E-state index >= 15 is 0 Å². The third kappa shape index (κ3) is 4.56. The molecule has 1 atom stereocenters. The van der Waals surface area contributed by atoms with Gasteiger partial charge in [0.05, 0.1) is 25.3 Å². The van der Waals surface area contributed by atoms with Gasteiger partial charge < -0.3 is 19.9 Å². The lowest BCUT2D eigenvalue weighted by atomic mass is 10.1. The minimum atomic E-state index is 0.0939. The maximum atomic E-state index is 9.15. The van der Waals surface area contributed by atoms with Crippen LogP contribution in [-0.4, -0.2) is 31.5 Å². The predicted molar refractivity (Wildman–Crippen MR) is 77.2 cm³/mol. The molecule has 0 spiro atoms. The van der Waals surface area contributed by atoms with Gasteiger partial charge in [-0.2, -0.15) is 0 Å². The second kappa shape index (κ2) is 8.25. The number of hydrogen-bond donors (Lipinski definition) is 2. The maximum Gasteiger partial charge on any atom is 0.179 e. The Morgan fingerprint density at radius 2 is 2.11 bits per heavy atom. The van der Waals surface area contributed by atoms with Gasteiger partial charge in [0.1, 0.15) is 0 Å². The molecule has 0 aliphatic heterocycles. The number of ether oxygens (including phenoxy) is 2. The van der Waals surface area contributed by atoms with Crippen molar-refractivity contribution in [3.05, 3.63) is 22.7 Å². The molecule has 19 heavy (non-hydrogen) atoms. The summed E-state index contributed by atoms with van der Waals surface area (Å²) in [5.74, 6) is 1.20. The molecule has 0 aliphatic carbocycles. The second-order valence-electron chi connectivity index (χ2n) is 4.21. The lowest BCUT2D eigenvalue weighted by Gasteiger charge is -2.16. The molecule has 0 radical (unpaired) electrons. The molecule has 0 saturated carbocycles. The van der Waals surface area contributed by atoms with Crippen LogP contribution in [0.2, 0.25) is 5.02 Å². The van der Waals surface area contributed by atoms with Crippen molar-refractivity contribution in [2.24, 2.45) is 0 Å². The van der Waals surface area contributed by atoms with Crippen molar-refractivity contribution in [2.45, 2.75) is 32.9 Å². The zero-order valence-electron chi connectivity index (χ0n) is 11.7. The average Bonchev–Trinajstić information content (AvgIpc) is 2.40. The van der Waals surface area contributed by atoms with Gasteiger partial charge in [0, 0.05) is 12.6 Å². The molecule has 1 aromatic rings. The lowest BCUT2D eigenvalue weighted by molar-refractivity contribution is 0.238. The highest BCUT2D eigenvalue weighted by molar-refractivity contribution is 6.32. The molecule has 0 bridgehead atoms. The number of aliphatic hydroxyl groups excluding tert-OH is 1. The van der Waals surface area contributed by atoms with Crippen LogP contribution in [0, 0.1) is 0 Å². The SMILES string of the molecule is CCOc1cc(CN[C@@H](CC)CO)cc(Cl)c1OC. The summed E-state index contributed by atoms with van der Waals surface area (Å²) in [4.78, 5) is 0. The van der Waals surface area contributed by atoms with Crippen LogP contribution >= 0.6 is 11.6 Å². The molecule has 0 unspecified atom stereocenters. The molecule has 5 heteroatoms. The van der Waals surface area contributed by atoms with Crippen LogP contribution in [0.3, 0.4) is 0 Å². The number of hydrogen-bond acceptors (Lipinski definition) is 4. The fraction of sp³-hybridized carbons (Fsp3) is 0.571. The molecule has 4 nitrogen and oxygen atoms in total. The largest absolute Gasteiger partial charge is 0.491 e. The average molecular weight is 288 g/mol. The van der Waals surface area contributed by atoms with Crippen molar-refractivity contribution in [3.63, 3.8) is 0 Å². The van der Waals surface area contributed by atoms with E-state index in [1.807, 2.05) is 26.0 Å². The Balaban J connectivity index is 2.84. The Labute approximate surface area is 119 Å². The van der Waals surface area contributed by atoms with Crippen molar-refractivity contribution >= 4 is 11.6 Å². The first-order chi connectivity index (χ1) is 9.15. The van der Waals surface area contributed by atoms with Gasteiger partial charge in [-0.3, -0.25) is 0 Å². The van der Waals surface area contributed by atoms with E-state index in [2.05, 4.69) is 5.32 Å². The molecule has 0 amide bonds. The minimum Gasteiger partial charge on any atom is -0.491 e. The smallest absolute Gasteiger partial charge is 0.179 e. The van der Waals surface area contributed by atoms with E-state index in [-0.39, 0.29) is 12.6 Å². The molecule has 1 aromatic carbocycles. The van der Waals surface area contributed by atoms with Crippen LogP contribution in [0.5, 0.6) is 11.5 Å². The van der Waals surface area contributed by atoms with Crippen molar-refractivity contribution in [3.8, 4) is 11.5 Å². The van der Waals surface area contributed by atoms with Crippen LogP contribution in [0.4, 0.5) is 0 Å². The van der Waals surface area contributed by atoms with Crippen molar-refractivity contribution in [1.82, 2.24) is 5.32 Å². The summed E-state index contributed by atoms with van der Waals surface area (Å²) < 4.78 is 10.8. The van der Waals surface area contributed by atoms with Crippen LogP contribution in [0.25, 0.3) is 0 Å². The first-order valence-electron chi connectivity index (χ1n) is 6.49. The minimum absolute atomic E-state index is 0.0939. The summed E-state index contributed by atoms with van der Waals surface area (Å²) in [5.41, 5.74) is 1.00. The number of halogens is 1. The highest BCUT2D eigenvalue weighted by Crippen LogP contribution is 2.36. The standard InChI is InChI=1S/C14H22ClNO3/c1-4-11(9-17)16-8-10-6-12(15)14(18-3)13(7-10)19-5-2/h6-7,11,16-17H,4-5,8-9H2,1-3H3/t11-/m0/s1. The van der Waals surface area contributed by atoms with Gasteiger partial charge in [-0.25, -0.2) is 0 Å². The highest BCUT2D eigenvalue weighted by Gasteiger charge is 2.12. The zero-order chi connectivity index (χ0) is 14.3. The molecule has 1 rings (SSSR count). The van der Waals surface area contributed by atoms with E-state index in [4.69, 9.17) is 26.2 Å². The monoisotopic (exact) mass is 287 g/mol. The Bertz CT molecular complexity index is 395. The molecule has 0 aliphatic rings. The Kier molecular flexibility index (Phi) is 6.99. The topological polar surface area (TPSA) is 50.7 Å². The lowest BCUT2D eigenvalue weighted by Crippen LogP contribution is -2.31. The number of methoxy groups -OCH3 is 1. The third-order valence-corrected chi connectivity index (χ3v) is 3.16. The van der Waals surface area contributed by atoms with Crippen LogP contribution in [-0.2, 0) is 6.54 Å². The zero-order valence-corrected chi connectivity index (χ0v) is 12.5. The van der Waals surface area contributed by atoms with Crippen molar-refractivity contribution < 1.29 is 14.6 Å². The van der Waals surface area contributed by atoms with E-state index in [1.165, 1.54) is 0 Å². The fourth-order valence-electron chi connectivity index (χ4n) is 1.78. The van der Waals surface area contributed by atoms with Gasteiger partial charge in [-0.15, -0.1) is 0 Å². The second-order valence-corrected chi connectivity index (χ2v) is 4.62. The van der Waals surface area contributed by atoms with E-state index in [9.17, 15) is 0 Å². The summed E-state index contributed by atoms with van der Waals surface area (Å²) in [6.07, 6.45) is 0.874. The van der Waals surface area contributed by atoms with E-state index < -0.39 is 0 Å². The Morgan fingerprint density at radius 3 is 2.63 bits per heavy atom. The summed E-state index contributed by atoms with van der Waals surface area (Å²) in [6, 6.07) is 3.85. The number of rotatable bonds is 8. The highest BCUT2D eigenvalue weighted by atomic mass is 35.5. The Hall–Kier alpha value is -0.970.